The van der Waals surface area contributed by atoms with Gasteiger partial charge in [0, 0.05) is 74.4 Å². The summed E-state index contributed by atoms with van der Waals surface area (Å²) in [6.07, 6.45) is 7.24. The summed E-state index contributed by atoms with van der Waals surface area (Å²) in [6.45, 7) is 0. The van der Waals surface area contributed by atoms with E-state index in [4.69, 9.17) is 29.9 Å². The van der Waals surface area contributed by atoms with E-state index in [1.54, 1.807) is 12.4 Å². The molecule has 10 heteroatoms. The van der Waals surface area contributed by atoms with Crippen molar-refractivity contribution in [2.24, 2.45) is 0 Å². The van der Waals surface area contributed by atoms with E-state index in [0.29, 0.717) is 28.9 Å². The second-order valence-corrected chi connectivity index (χ2v) is 21.2. The smallest absolute Gasteiger partial charge is 0.182 e. The average Bonchev–Trinajstić information content (AvgIpc) is 2.84. The molecule has 86 heavy (non-hydrogen) atoms. The Balaban J connectivity index is 0.656. The Kier molecular flexibility index (Phi) is 12.3. The summed E-state index contributed by atoms with van der Waals surface area (Å²) in [6, 6.07) is 92.8. The van der Waals surface area contributed by atoms with Crippen molar-refractivity contribution in [1.82, 2.24) is 49.0 Å². The van der Waals surface area contributed by atoms with Gasteiger partial charge in [0.05, 0.1) is 44.8 Å². The van der Waals surface area contributed by atoms with Gasteiger partial charge in [-0.1, -0.05) is 170 Å². The number of fused-ring (bicyclic) bond motifs is 6. The van der Waals surface area contributed by atoms with Crippen LogP contribution in [0.3, 0.4) is 0 Å². The number of para-hydroxylation sites is 4. The molecule has 0 bridgehead atoms. The Morgan fingerprint density at radius 1 is 0.209 bits per heavy atom. The van der Waals surface area contributed by atoms with Crippen LogP contribution in [0.5, 0.6) is 0 Å². The first-order chi connectivity index (χ1) is 42.6. The van der Waals surface area contributed by atoms with Crippen molar-refractivity contribution >= 4 is 43.6 Å². The maximum atomic E-state index is 5.12. The van der Waals surface area contributed by atoms with Crippen molar-refractivity contribution in [1.29, 1.82) is 0 Å². The molecule has 0 N–H and O–H groups in total. The van der Waals surface area contributed by atoms with Crippen LogP contribution in [0.15, 0.2) is 292 Å². The molecule has 0 fully saturated rings. The van der Waals surface area contributed by atoms with Crippen LogP contribution in [0.1, 0.15) is 0 Å². The van der Waals surface area contributed by atoms with Crippen LogP contribution in [0.25, 0.3) is 157 Å². The second kappa shape index (κ2) is 21.1. The summed E-state index contributed by atoms with van der Waals surface area (Å²) >= 11 is 0. The monoisotopic (exact) mass is 1100 g/mol. The van der Waals surface area contributed by atoms with E-state index in [9.17, 15) is 0 Å². The molecule has 0 spiro atoms. The van der Waals surface area contributed by atoms with Crippen LogP contribution < -0.4 is 0 Å². The van der Waals surface area contributed by atoms with Crippen LogP contribution in [-0.2, 0) is 0 Å². The van der Waals surface area contributed by atoms with E-state index in [2.05, 4.69) is 231 Å². The van der Waals surface area contributed by atoms with Crippen LogP contribution in [-0.4, -0.2) is 49.0 Å². The lowest BCUT2D eigenvalue weighted by atomic mass is 9.98. The van der Waals surface area contributed by atoms with Crippen molar-refractivity contribution < 1.29 is 0 Å². The minimum atomic E-state index is 0.440. The molecular weight excluding hydrogens is 1050 g/mol. The van der Waals surface area contributed by atoms with Crippen molar-refractivity contribution in [2.75, 3.05) is 0 Å². The highest BCUT2D eigenvalue weighted by atomic mass is 15.1. The first-order valence-electron chi connectivity index (χ1n) is 28.5. The van der Waals surface area contributed by atoms with Crippen molar-refractivity contribution in [2.45, 2.75) is 0 Å². The Labute approximate surface area is 494 Å². The number of hydrogen-bond donors (Lipinski definition) is 0. The highest BCUT2D eigenvalue weighted by molar-refractivity contribution is 6.10. The molecule has 0 radical (unpaired) electrons. The summed E-state index contributed by atoms with van der Waals surface area (Å²) in [5, 5.41) is 4.98. The standard InChI is InChI=1S/C76H48N10/c1-5-19-70-60(13-1)61-14-2-6-20-71(61)85(70)58-37-31-51(32-38-58)49-23-25-53(26-24-49)57-45-68(64-17-9-11-43-77-64)81-69(46-57)65-41-35-55(47-79-65)56-36-42-67(80-48-56)76-83-74(82-75(84-76)66-18-10-12-44-78-66)54-29-27-50(28-30-54)52-33-39-59(40-34-52)86-72-21-7-3-15-62(72)63-16-4-8-22-73(63)86/h1-48H. The maximum absolute atomic E-state index is 5.12. The van der Waals surface area contributed by atoms with E-state index >= 15 is 0 Å². The van der Waals surface area contributed by atoms with Gasteiger partial charge >= 0.3 is 0 Å². The van der Waals surface area contributed by atoms with E-state index < -0.39 is 0 Å². The van der Waals surface area contributed by atoms with Gasteiger partial charge in [-0.3, -0.25) is 19.9 Å². The molecule has 0 aliphatic carbocycles. The summed E-state index contributed by atoms with van der Waals surface area (Å²) in [5.41, 5.74) is 20.4. The fourth-order valence-corrected chi connectivity index (χ4v) is 11.8. The first-order valence-corrected chi connectivity index (χ1v) is 28.5. The molecule has 16 rings (SSSR count). The summed E-state index contributed by atoms with van der Waals surface area (Å²) < 4.78 is 4.68. The molecule has 0 unspecified atom stereocenters. The number of aromatic nitrogens is 10. The number of nitrogens with zero attached hydrogens (tertiary/aromatic N) is 10. The lowest BCUT2D eigenvalue weighted by Crippen LogP contribution is -2.02. The van der Waals surface area contributed by atoms with E-state index in [1.807, 2.05) is 67.0 Å². The van der Waals surface area contributed by atoms with Gasteiger partial charge in [0.1, 0.15) is 11.4 Å². The zero-order valence-corrected chi connectivity index (χ0v) is 46.2. The number of pyridine rings is 5. The van der Waals surface area contributed by atoms with Gasteiger partial charge < -0.3 is 9.13 Å². The fraction of sp³-hybridized carbons (Fsp3) is 0. The Morgan fingerprint density at radius 3 is 0.942 bits per heavy atom. The molecule has 10 nitrogen and oxygen atoms in total. The lowest BCUT2D eigenvalue weighted by Gasteiger charge is -2.11. The topological polar surface area (TPSA) is 113 Å². The molecule has 0 atom stereocenters. The minimum Gasteiger partial charge on any atom is -0.309 e. The number of hydrogen-bond acceptors (Lipinski definition) is 8. The van der Waals surface area contributed by atoms with Crippen molar-refractivity contribution in [3.8, 4) is 113 Å². The van der Waals surface area contributed by atoms with Crippen LogP contribution in [0, 0.1) is 0 Å². The first kappa shape index (κ1) is 49.9. The zero-order valence-electron chi connectivity index (χ0n) is 46.2. The maximum Gasteiger partial charge on any atom is 0.182 e. The van der Waals surface area contributed by atoms with Gasteiger partial charge in [0.15, 0.2) is 17.5 Å². The van der Waals surface area contributed by atoms with E-state index in [-0.39, 0.29) is 0 Å². The zero-order chi connectivity index (χ0) is 56.9. The van der Waals surface area contributed by atoms with Crippen LogP contribution >= 0.6 is 0 Å². The predicted molar refractivity (Wildman–Crippen MR) is 346 cm³/mol. The molecule has 0 aliphatic rings. The van der Waals surface area contributed by atoms with Gasteiger partial charge in [0.25, 0.3) is 0 Å². The van der Waals surface area contributed by atoms with E-state index in [0.717, 1.165) is 84.2 Å². The third-order valence-electron chi connectivity index (χ3n) is 16.1. The second-order valence-electron chi connectivity index (χ2n) is 21.2. The third-order valence-corrected chi connectivity index (χ3v) is 16.1. The Bertz CT molecular complexity index is 4720. The van der Waals surface area contributed by atoms with E-state index in [1.165, 1.54) is 43.6 Å². The molecule has 0 saturated heterocycles. The van der Waals surface area contributed by atoms with Gasteiger partial charge in [0.2, 0.25) is 0 Å². The molecule has 0 saturated carbocycles. The molecule has 0 amide bonds. The van der Waals surface area contributed by atoms with Crippen molar-refractivity contribution in [3.63, 3.8) is 0 Å². The van der Waals surface area contributed by atoms with Gasteiger partial charge in [-0.05, 0) is 130 Å². The highest BCUT2D eigenvalue weighted by Gasteiger charge is 2.18. The number of rotatable bonds is 11. The van der Waals surface area contributed by atoms with Crippen LogP contribution in [0.2, 0.25) is 0 Å². The largest absolute Gasteiger partial charge is 0.309 e. The molecule has 0 aliphatic heterocycles. The van der Waals surface area contributed by atoms with Crippen molar-refractivity contribution in [3.05, 3.63) is 292 Å². The molecule has 8 aromatic carbocycles. The third kappa shape index (κ3) is 9.11. The highest BCUT2D eigenvalue weighted by Crippen LogP contribution is 2.37. The molecule has 8 heterocycles. The lowest BCUT2D eigenvalue weighted by molar-refractivity contribution is 1.05. The quantitative estimate of drug-likeness (QED) is 0.126. The SMILES string of the molecule is c1ccc(-c2cc(-c3ccc(-c4ccc(-n5c6ccccc6c6ccccc65)cc4)cc3)cc(-c3ccc(-c4ccc(-c5nc(-c6ccc(-c7ccc(-n8c9ccccc9c9ccccc98)cc7)cc6)nc(-c6ccccn6)n5)nc4)cn3)n2)nc1. The fourth-order valence-electron chi connectivity index (χ4n) is 11.8. The predicted octanol–water partition coefficient (Wildman–Crippen LogP) is 18.0. The van der Waals surface area contributed by atoms with Gasteiger partial charge in [-0.25, -0.2) is 19.9 Å². The molecule has 16 aromatic rings. The normalized spacial score (nSPS) is 11.5. The summed E-state index contributed by atoms with van der Waals surface area (Å²) in [4.78, 5) is 39.1. The van der Waals surface area contributed by atoms with Gasteiger partial charge in [-0.2, -0.15) is 0 Å². The summed E-state index contributed by atoms with van der Waals surface area (Å²) in [7, 11) is 0. The van der Waals surface area contributed by atoms with Gasteiger partial charge in [-0.15, -0.1) is 0 Å². The average molecular weight is 1100 g/mol. The molecule has 402 valence electrons. The minimum absolute atomic E-state index is 0.440. The Morgan fingerprint density at radius 2 is 0.535 bits per heavy atom. The van der Waals surface area contributed by atoms with Crippen LogP contribution in [0.4, 0.5) is 0 Å². The number of benzene rings is 8. The molecule has 8 aromatic heterocycles. The summed E-state index contributed by atoms with van der Waals surface area (Å²) in [5.74, 6) is 1.42. The molecular formula is C76H48N10. The Hall–Kier alpha value is -11.9.